The zero-order chi connectivity index (χ0) is 19.3. The first kappa shape index (κ1) is 17.5. The van der Waals surface area contributed by atoms with Gasteiger partial charge in [-0.3, -0.25) is 9.36 Å². The van der Waals surface area contributed by atoms with E-state index < -0.39 is 6.17 Å². The molecular weight excluding hydrogens is 383 g/mol. The Labute approximate surface area is 165 Å². The maximum atomic E-state index is 13.3. The van der Waals surface area contributed by atoms with E-state index in [-0.39, 0.29) is 27.2 Å². The number of hydrogen-bond acceptors (Lipinski definition) is 6. The molecule has 1 saturated carbocycles. The number of alkyl halides is 1. The second kappa shape index (κ2) is 6.48. The summed E-state index contributed by atoms with van der Waals surface area (Å²) in [7, 11) is 0. The average molecular weight is 401 g/mol. The van der Waals surface area contributed by atoms with E-state index in [0.29, 0.717) is 18.5 Å². The van der Waals surface area contributed by atoms with Crippen molar-refractivity contribution < 1.29 is 4.39 Å². The molecule has 144 valence electrons. The summed E-state index contributed by atoms with van der Waals surface area (Å²) in [6.07, 6.45) is 7.14. The second-order valence-electron chi connectivity index (χ2n) is 7.65. The van der Waals surface area contributed by atoms with Gasteiger partial charge >= 0.3 is 0 Å². The zero-order valence-corrected chi connectivity index (χ0v) is 15.8. The molecule has 0 radical (unpaired) electrons. The standard InChI is InChI=1S/C19H18ClFN6O/c20-16-15-17(24-10-23-16)25-11-27(18(15)28)13-1-2-14(22-9-13)26-5-3-19(4-6-26)7-12(21)8-19/h1-2,9-12H,3-8H2. The highest BCUT2D eigenvalue weighted by atomic mass is 35.5. The van der Waals surface area contributed by atoms with Crippen LogP contribution in [0.15, 0.2) is 35.8 Å². The molecule has 0 atom stereocenters. The Morgan fingerprint density at radius 1 is 1.11 bits per heavy atom. The van der Waals surface area contributed by atoms with E-state index >= 15 is 0 Å². The van der Waals surface area contributed by atoms with Crippen molar-refractivity contribution >= 4 is 28.5 Å². The number of fused-ring (bicyclic) bond motifs is 1. The Bertz CT molecular complexity index is 1090. The molecule has 0 unspecified atom stereocenters. The van der Waals surface area contributed by atoms with Gasteiger partial charge in [-0.2, -0.15) is 0 Å². The minimum atomic E-state index is -0.614. The van der Waals surface area contributed by atoms with Crippen LogP contribution in [0.3, 0.4) is 0 Å². The summed E-state index contributed by atoms with van der Waals surface area (Å²) in [6, 6.07) is 3.73. The molecule has 1 aliphatic heterocycles. The third-order valence-corrected chi connectivity index (χ3v) is 6.26. The van der Waals surface area contributed by atoms with Gasteiger partial charge in [-0.25, -0.2) is 24.3 Å². The fourth-order valence-corrected chi connectivity index (χ4v) is 4.52. The number of pyridine rings is 1. The molecule has 0 N–H and O–H groups in total. The topological polar surface area (TPSA) is 76.8 Å². The molecular formula is C19H18ClFN6O. The van der Waals surface area contributed by atoms with E-state index in [4.69, 9.17) is 11.6 Å². The highest BCUT2D eigenvalue weighted by Crippen LogP contribution is 2.50. The summed E-state index contributed by atoms with van der Waals surface area (Å²) in [5.41, 5.74) is 0.729. The van der Waals surface area contributed by atoms with Crippen LogP contribution < -0.4 is 10.5 Å². The van der Waals surface area contributed by atoms with Crippen molar-refractivity contribution in [2.75, 3.05) is 18.0 Å². The predicted octanol–water partition coefficient (Wildman–Crippen LogP) is 2.94. The van der Waals surface area contributed by atoms with Gasteiger partial charge in [-0.15, -0.1) is 0 Å². The Morgan fingerprint density at radius 3 is 2.57 bits per heavy atom. The minimum absolute atomic E-state index is 0.0789. The van der Waals surface area contributed by atoms with Crippen LogP contribution in [-0.4, -0.2) is 43.8 Å². The van der Waals surface area contributed by atoms with Gasteiger partial charge in [0.25, 0.3) is 5.56 Å². The Balaban J connectivity index is 1.39. The van der Waals surface area contributed by atoms with Crippen molar-refractivity contribution in [1.82, 2.24) is 24.5 Å². The van der Waals surface area contributed by atoms with Crippen molar-refractivity contribution in [3.63, 3.8) is 0 Å². The summed E-state index contributed by atoms with van der Waals surface area (Å²) in [5.74, 6) is 0.859. The highest BCUT2D eigenvalue weighted by Gasteiger charge is 2.46. The molecule has 4 heterocycles. The van der Waals surface area contributed by atoms with Gasteiger partial charge in [0.1, 0.15) is 35.2 Å². The van der Waals surface area contributed by atoms with Crippen LogP contribution in [0.1, 0.15) is 25.7 Å². The van der Waals surface area contributed by atoms with Crippen LogP contribution in [0.4, 0.5) is 10.2 Å². The smallest absolute Gasteiger partial charge is 0.270 e. The molecule has 1 spiro atoms. The third kappa shape index (κ3) is 2.83. The maximum Gasteiger partial charge on any atom is 0.270 e. The van der Waals surface area contributed by atoms with Crippen LogP contribution in [0, 0.1) is 5.41 Å². The van der Waals surface area contributed by atoms with Gasteiger partial charge in [-0.1, -0.05) is 11.6 Å². The number of aromatic nitrogens is 5. The number of rotatable bonds is 2. The highest BCUT2D eigenvalue weighted by molar-refractivity contribution is 6.33. The van der Waals surface area contributed by atoms with Crippen molar-refractivity contribution in [3.8, 4) is 5.69 Å². The van der Waals surface area contributed by atoms with E-state index in [1.54, 1.807) is 6.20 Å². The van der Waals surface area contributed by atoms with Crippen LogP contribution in [0.5, 0.6) is 0 Å². The Hall–Kier alpha value is -2.61. The van der Waals surface area contributed by atoms with Crippen LogP contribution >= 0.6 is 11.6 Å². The molecule has 0 bridgehead atoms. The minimum Gasteiger partial charge on any atom is -0.357 e. The van der Waals surface area contributed by atoms with Gasteiger partial charge < -0.3 is 4.90 Å². The Kier molecular flexibility index (Phi) is 4.04. The van der Waals surface area contributed by atoms with Crippen LogP contribution in [-0.2, 0) is 0 Å². The van der Waals surface area contributed by atoms with E-state index in [0.717, 1.165) is 31.7 Å². The van der Waals surface area contributed by atoms with Crippen LogP contribution in [0.25, 0.3) is 16.7 Å². The molecule has 0 aromatic carbocycles. The summed E-state index contributed by atoms with van der Waals surface area (Å²) in [6.45, 7) is 1.76. The molecule has 2 fully saturated rings. The van der Waals surface area contributed by atoms with E-state index in [1.807, 2.05) is 12.1 Å². The molecule has 5 rings (SSSR count). The predicted molar refractivity (Wildman–Crippen MR) is 104 cm³/mol. The first-order valence-corrected chi connectivity index (χ1v) is 9.66. The maximum absolute atomic E-state index is 13.3. The summed E-state index contributed by atoms with van der Waals surface area (Å²) in [5, 5.41) is 0.263. The van der Waals surface area contributed by atoms with Crippen molar-refractivity contribution in [1.29, 1.82) is 0 Å². The molecule has 3 aromatic rings. The van der Waals surface area contributed by atoms with Gasteiger partial charge in [0.2, 0.25) is 0 Å². The van der Waals surface area contributed by atoms with Gasteiger partial charge in [0.05, 0.1) is 11.9 Å². The lowest BCUT2D eigenvalue weighted by atomic mass is 9.62. The number of nitrogens with zero attached hydrogens (tertiary/aromatic N) is 6. The quantitative estimate of drug-likeness (QED) is 0.615. The molecule has 1 aliphatic carbocycles. The fraction of sp³-hybridized carbons (Fsp3) is 0.421. The lowest BCUT2D eigenvalue weighted by Gasteiger charge is -2.49. The summed E-state index contributed by atoms with van der Waals surface area (Å²) >= 11 is 6.05. The summed E-state index contributed by atoms with van der Waals surface area (Å²) < 4.78 is 14.6. The molecule has 9 heteroatoms. The zero-order valence-electron chi connectivity index (χ0n) is 15.1. The third-order valence-electron chi connectivity index (χ3n) is 5.98. The molecule has 28 heavy (non-hydrogen) atoms. The summed E-state index contributed by atoms with van der Waals surface area (Å²) in [4.78, 5) is 31.5. The first-order valence-electron chi connectivity index (χ1n) is 9.28. The lowest BCUT2D eigenvalue weighted by molar-refractivity contribution is 0.00443. The second-order valence-corrected chi connectivity index (χ2v) is 8.01. The largest absolute Gasteiger partial charge is 0.357 e. The molecule has 1 saturated heterocycles. The SMILES string of the molecule is O=c1c2c(Cl)ncnc2ncn1-c1ccc(N2CCC3(CC2)CC(F)C3)nc1. The number of hydrogen-bond donors (Lipinski definition) is 0. The number of anilines is 1. The van der Waals surface area contributed by atoms with E-state index in [9.17, 15) is 9.18 Å². The Morgan fingerprint density at radius 2 is 1.89 bits per heavy atom. The number of piperidine rings is 1. The monoisotopic (exact) mass is 400 g/mol. The molecule has 3 aromatic heterocycles. The van der Waals surface area contributed by atoms with E-state index in [1.165, 1.54) is 17.2 Å². The molecule has 2 aliphatic rings. The van der Waals surface area contributed by atoms with Gasteiger partial charge in [-0.05, 0) is 43.2 Å². The van der Waals surface area contributed by atoms with E-state index in [2.05, 4.69) is 24.8 Å². The fourth-order valence-electron chi connectivity index (χ4n) is 4.31. The lowest BCUT2D eigenvalue weighted by Crippen LogP contribution is -2.48. The van der Waals surface area contributed by atoms with Crippen molar-refractivity contribution in [2.24, 2.45) is 5.41 Å². The molecule has 0 amide bonds. The van der Waals surface area contributed by atoms with Crippen molar-refractivity contribution in [2.45, 2.75) is 31.9 Å². The van der Waals surface area contributed by atoms with Crippen LogP contribution in [0.2, 0.25) is 5.15 Å². The first-order chi connectivity index (χ1) is 13.5. The number of halogens is 2. The average Bonchev–Trinajstić information content (AvgIpc) is 2.68. The van der Waals surface area contributed by atoms with Crippen molar-refractivity contribution in [3.05, 3.63) is 46.5 Å². The molecule has 7 nitrogen and oxygen atoms in total. The van der Waals surface area contributed by atoms with Gasteiger partial charge in [0, 0.05) is 13.1 Å². The normalized spacial score (nSPS) is 19.1. The van der Waals surface area contributed by atoms with Gasteiger partial charge in [0.15, 0.2) is 5.65 Å².